The van der Waals surface area contributed by atoms with E-state index in [1.165, 1.54) is 0 Å². The molecule has 0 fully saturated rings. The second-order valence-corrected chi connectivity index (χ2v) is 2.81. The standard InChI is InChI=1S/C7HCl2F2NO/c8-3-1-4(12-2-13)7(11)5(9)6(3)10/h1H. The van der Waals surface area contributed by atoms with E-state index in [9.17, 15) is 13.6 Å². The zero-order valence-corrected chi connectivity index (χ0v) is 7.46. The van der Waals surface area contributed by atoms with Crippen LogP contribution in [0.1, 0.15) is 0 Å². The molecule has 0 radical (unpaired) electrons. The summed E-state index contributed by atoms with van der Waals surface area (Å²) in [5, 5.41) is -1.19. The summed E-state index contributed by atoms with van der Waals surface area (Å²) in [5.41, 5.74) is -0.439. The molecule has 0 bridgehead atoms. The lowest BCUT2D eigenvalue weighted by atomic mass is 10.3. The van der Waals surface area contributed by atoms with Crippen molar-refractivity contribution in [3.63, 3.8) is 0 Å². The van der Waals surface area contributed by atoms with Gasteiger partial charge in [-0.05, 0) is 6.07 Å². The molecule has 0 N–H and O–H groups in total. The number of isocyanates is 1. The second-order valence-electron chi connectivity index (χ2n) is 2.02. The predicted octanol–water partition coefficient (Wildman–Crippen LogP) is 3.24. The Morgan fingerprint density at radius 2 is 1.92 bits per heavy atom. The number of benzene rings is 1. The van der Waals surface area contributed by atoms with Crippen LogP contribution in [0.15, 0.2) is 11.1 Å². The lowest BCUT2D eigenvalue weighted by molar-refractivity contribution is 0.563. The minimum Gasteiger partial charge on any atom is -0.211 e. The molecule has 0 saturated carbocycles. The summed E-state index contributed by atoms with van der Waals surface area (Å²) in [6, 6.07) is 0.850. The van der Waals surface area contributed by atoms with Gasteiger partial charge in [0.15, 0.2) is 11.6 Å². The molecule has 0 aliphatic heterocycles. The third-order valence-electron chi connectivity index (χ3n) is 1.25. The van der Waals surface area contributed by atoms with Crippen LogP contribution in [0, 0.1) is 11.6 Å². The van der Waals surface area contributed by atoms with Gasteiger partial charge in [0.1, 0.15) is 10.7 Å². The quantitative estimate of drug-likeness (QED) is 0.311. The molecule has 2 nitrogen and oxygen atoms in total. The molecule has 1 aromatic carbocycles. The molecule has 0 aliphatic rings. The molecule has 1 aromatic rings. The van der Waals surface area contributed by atoms with Crippen molar-refractivity contribution in [2.75, 3.05) is 0 Å². The van der Waals surface area contributed by atoms with E-state index in [-0.39, 0.29) is 0 Å². The summed E-state index contributed by atoms with van der Waals surface area (Å²) < 4.78 is 25.7. The summed E-state index contributed by atoms with van der Waals surface area (Å²) in [5.74, 6) is -2.21. The third kappa shape index (κ3) is 1.86. The Morgan fingerprint density at radius 3 is 2.46 bits per heavy atom. The Hall–Kier alpha value is -0.960. The highest BCUT2D eigenvalue weighted by molar-refractivity contribution is 6.35. The second kappa shape index (κ2) is 3.83. The van der Waals surface area contributed by atoms with Crippen molar-refractivity contribution < 1.29 is 13.6 Å². The number of hydrogen-bond acceptors (Lipinski definition) is 2. The van der Waals surface area contributed by atoms with Crippen LogP contribution in [0.5, 0.6) is 0 Å². The maximum absolute atomic E-state index is 12.9. The summed E-state index contributed by atoms with van der Waals surface area (Å²) in [6.45, 7) is 0. The zero-order chi connectivity index (χ0) is 10.0. The molecule has 0 heterocycles. The number of carbonyl (C=O) groups excluding carboxylic acids is 1. The van der Waals surface area contributed by atoms with Crippen LogP contribution in [0.4, 0.5) is 14.5 Å². The maximum Gasteiger partial charge on any atom is 0.240 e. The number of halogens is 4. The summed E-state index contributed by atoms with van der Waals surface area (Å²) in [6.07, 6.45) is 1.09. The molecule has 0 aromatic heterocycles. The molecule has 13 heavy (non-hydrogen) atoms. The molecule has 0 spiro atoms. The fourth-order valence-corrected chi connectivity index (χ4v) is 1.14. The lowest BCUT2D eigenvalue weighted by Crippen LogP contribution is -1.85. The van der Waals surface area contributed by atoms with Crippen molar-refractivity contribution in [1.82, 2.24) is 0 Å². The van der Waals surface area contributed by atoms with Gasteiger partial charge in [-0.2, -0.15) is 4.99 Å². The maximum atomic E-state index is 12.9. The predicted molar refractivity (Wildman–Crippen MR) is 44.2 cm³/mol. The fourth-order valence-electron chi connectivity index (χ4n) is 0.691. The summed E-state index contributed by atoms with van der Waals surface area (Å²) in [7, 11) is 0. The normalized spacial score (nSPS) is 9.54. The summed E-state index contributed by atoms with van der Waals surface area (Å²) in [4.78, 5) is 12.7. The Balaban J connectivity index is 3.49. The van der Waals surface area contributed by atoms with Gasteiger partial charge in [-0.25, -0.2) is 13.6 Å². The van der Waals surface area contributed by atoms with Crippen molar-refractivity contribution in [3.05, 3.63) is 27.7 Å². The average molecular weight is 224 g/mol. The Labute approximate surface area is 81.8 Å². The Bertz CT molecular complexity index is 402. The molecular weight excluding hydrogens is 223 g/mol. The SMILES string of the molecule is O=C=Nc1cc(Cl)c(F)c(Cl)c1F. The van der Waals surface area contributed by atoms with Crippen molar-refractivity contribution >= 4 is 35.0 Å². The van der Waals surface area contributed by atoms with Crippen LogP contribution < -0.4 is 0 Å². The molecule has 0 unspecified atom stereocenters. The van der Waals surface area contributed by atoms with Crippen LogP contribution in [-0.2, 0) is 4.79 Å². The van der Waals surface area contributed by atoms with Gasteiger partial charge >= 0.3 is 0 Å². The first kappa shape index (κ1) is 10.1. The van der Waals surface area contributed by atoms with Gasteiger partial charge in [-0.15, -0.1) is 0 Å². The van der Waals surface area contributed by atoms with E-state index in [2.05, 4.69) is 4.99 Å². The van der Waals surface area contributed by atoms with Crippen molar-refractivity contribution in [3.8, 4) is 0 Å². The van der Waals surface area contributed by atoms with E-state index in [0.717, 1.165) is 12.1 Å². The smallest absolute Gasteiger partial charge is 0.211 e. The first-order valence-electron chi connectivity index (χ1n) is 2.98. The molecular formula is C7HCl2F2NO. The van der Waals surface area contributed by atoms with E-state index in [4.69, 9.17) is 23.2 Å². The highest BCUT2D eigenvalue weighted by Crippen LogP contribution is 2.32. The van der Waals surface area contributed by atoms with Crippen molar-refractivity contribution in [2.45, 2.75) is 0 Å². The van der Waals surface area contributed by atoms with Crippen LogP contribution >= 0.6 is 23.2 Å². The van der Waals surface area contributed by atoms with Gasteiger partial charge in [0.2, 0.25) is 6.08 Å². The van der Waals surface area contributed by atoms with Gasteiger partial charge in [-0.3, -0.25) is 0 Å². The van der Waals surface area contributed by atoms with Gasteiger partial charge < -0.3 is 0 Å². The number of aliphatic imine (C=N–C) groups is 1. The fraction of sp³-hybridized carbons (Fsp3) is 0. The van der Waals surface area contributed by atoms with E-state index in [1.807, 2.05) is 0 Å². The van der Waals surface area contributed by atoms with Crippen LogP contribution in [-0.4, -0.2) is 6.08 Å². The minimum atomic E-state index is -1.13. The van der Waals surface area contributed by atoms with Gasteiger partial charge in [0, 0.05) is 0 Å². The zero-order valence-electron chi connectivity index (χ0n) is 5.94. The molecule has 0 aliphatic carbocycles. The molecule has 0 amide bonds. The van der Waals surface area contributed by atoms with Gasteiger partial charge in [-0.1, -0.05) is 23.2 Å². The van der Waals surface area contributed by atoms with E-state index in [0.29, 0.717) is 0 Å². The number of hydrogen-bond donors (Lipinski definition) is 0. The minimum absolute atomic E-state index is 0.402. The van der Waals surface area contributed by atoms with E-state index < -0.39 is 27.4 Å². The number of rotatable bonds is 1. The molecule has 0 saturated heterocycles. The Morgan fingerprint density at radius 1 is 1.31 bits per heavy atom. The van der Waals surface area contributed by atoms with E-state index in [1.54, 1.807) is 0 Å². The molecule has 68 valence electrons. The topological polar surface area (TPSA) is 29.4 Å². The van der Waals surface area contributed by atoms with Crippen molar-refractivity contribution in [1.29, 1.82) is 0 Å². The van der Waals surface area contributed by atoms with Crippen molar-refractivity contribution in [2.24, 2.45) is 4.99 Å². The van der Waals surface area contributed by atoms with Crippen LogP contribution in [0.2, 0.25) is 10.0 Å². The lowest BCUT2D eigenvalue weighted by Gasteiger charge is -2.00. The van der Waals surface area contributed by atoms with Crippen LogP contribution in [0.3, 0.4) is 0 Å². The third-order valence-corrected chi connectivity index (χ3v) is 1.86. The van der Waals surface area contributed by atoms with Gasteiger partial charge in [0.05, 0.1) is 5.02 Å². The number of nitrogens with zero attached hydrogens (tertiary/aromatic N) is 1. The average Bonchev–Trinajstić information content (AvgIpc) is 2.11. The van der Waals surface area contributed by atoms with Gasteiger partial charge in [0.25, 0.3) is 0 Å². The first-order chi connectivity index (χ1) is 6.07. The highest BCUT2D eigenvalue weighted by atomic mass is 35.5. The Kier molecular flexibility index (Phi) is 2.98. The molecule has 0 atom stereocenters. The molecule has 1 rings (SSSR count). The van der Waals surface area contributed by atoms with E-state index >= 15 is 0 Å². The molecule has 6 heteroatoms. The van der Waals surface area contributed by atoms with Crippen LogP contribution in [0.25, 0.3) is 0 Å². The highest BCUT2D eigenvalue weighted by Gasteiger charge is 2.15. The monoisotopic (exact) mass is 223 g/mol. The summed E-state index contributed by atoms with van der Waals surface area (Å²) >= 11 is 10.5. The largest absolute Gasteiger partial charge is 0.240 e. The first-order valence-corrected chi connectivity index (χ1v) is 3.74.